The summed E-state index contributed by atoms with van der Waals surface area (Å²) in [6.07, 6.45) is 1.72. The van der Waals surface area contributed by atoms with Gasteiger partial charge in [-0.25, -0.2) is 9.37 Å². The summed E-state index contributed by atoms with van der Waals surface area (Å²) in [6.45, 7) is 2.04. The van der Waals surface area contributed by atoms with Crippen molar-refractivity contribution in [1.29, 1.82) is 0 Å². The highest BCUT2D eigenvalue weighted by molar-refractivity contribution is 9.10. The molecule has 106 valence electrons. The van der Waals surface area contributed by atoms with E-state index in [-0.39, 0.29) is 11.4 Å². The summed E-state index contributed by atoms with van der Waals surface area (Å²) in [5.41, 5.74) is 1.48. The Balaban J connectivity index is 2.12. The zero-order valence-corrected chi connectivity index (χ0v) is 13.4. The summed E-state index contributed by atoms with van der Waals surface area (Å²) in [4.78, 5) is 18.6. The van der Waals surface area contributed by atoms with E-state index < -0.39 is 0 Å². The van der Waals surface area contributed by atoms with Crippen LogP contribution in [0.2, 0.25) is 0 Å². The van der Waals surface area contributed by atoms with Crippen molar-refractivity contribution in [3.63, 3.8) is 0 Å². The number of nitrogens with zero attached hydrogens (tertiary/aromatic N) is 1. The molecule has 1 N–H and O–H groups in total. The molecule has 1 heterocycles. The highest BCUT2D eigenvalue weighted by atomic mass is 79.9. The van der Waals surface area contributed by atoms with Gasteiger partial charge < -0.3 is 4.98 Å². The van der Waals surface area contributed by atoms with Gasteiger partial charge in [0.05, 0.1) is 0 Å². The lowest BCUT2D eigenvalue weighted by molar-refractivity contribution is 0.625. The molecule has 0 bridgehead atoms. The third kappa shape index (κ3) is 4.45. The van der Waals surface area contributed by atoms with Gasteiger partial charge in [0.1, 0.15) is 5.82 Å². The van der Waals surface area contributed by atoms with Crippen LogP contribution in [0.1, 0.15) is 24.6 Å². The topological polar surface area (TPSA) is 45.8 Å². The smallest absolute Gasteiger partial charge is 0.251 e. The number of H-pyrrole nitrogens is 1. The number of aryl methyl sites for hydroxylation is 1. The van der Waals surface area contributed by atoms with E-state index in [9.17, 15) is 9.18 Å². The second-order valence-corrected chi connectivity index (χ2v) is 6.24. The van der Waals surface area contributed by atoms with Crippen molar-refractivity contribution in [3.8, 4) is 0 Å². The number of rotatable bonds is 5. The molecular weight excluding hydrogens is 343 g/mol. The molecule has 3 nitrogen and oxygen atoms in total. The van der Waals surface area contributed by atoms with Crippen LogP contribution in [0.5, 0.6) is 0 Å². The third-order valence-electron chi connectivity index (χ3n) is 2.58. The first kappa shape index (κ1) is 15.3. The maximum atomic E-state index is 13.3. The lowest BCUT2D eigenvalue weighted by Crippen LogP contribution is -2.09. The summed E-state index contributed by atoms with van der Waals surface area (Å²) in [6, 6.07) is 6.26. The molecule has 6 heteroatoms. The van der Waals surface area contributed by atoms with Gasteiger partial charge in [0.2, 0.25) is 0 Å². The minimum absolute atomic E-state index is 0.147. The molecular formula is C14H14BrFN2OS. The molecule has 0 saturated heterocycles. The van der Waals surface area contributed by atoms with Crippen molar-refractivity contribution in [2.75, 3.05) is 0 Å². The van der Waals surface area contributed by atoms with Crippen LogP contribution in [0.15, 0.2) is 38.7 Å². The highest BCUT2D eigenvalue weighted by Crippen LogP contribution is 2.22. The van der Waals surface area contributed by atoms with Gasteiger partial charge in [-0.05, 0) is 30.2 Å². The maximum absolute atomic E-state index is 13.3. The Morgan fingerprint density at radius 2 is 2.15 bits per heavy atom. The summed E-state index contributed by atoms with van der Waals surface area (Å²) < 4.78 is 14.0. The van der Waals surface area contributed by atoms with E-state index in [1.54, 1.807) is 0 Å². The Kier molecular flexibility index (Phi) is 5.37. The van der Waals surface area contributed by atoms with Gasteiger partial charge in [-0.1, -0.05) is 41.0 Å². The summed E-state index contributed by atoms with van der Waals surface area (Å²) in [5, 5.41) is 0.571. The Labute approximate surface area is 129 Å². The number of aromatic amines is 1. The van der Waals surface area contributed by atoms with Gasteiger partial charge in [-0.2, -0.15) is 0 Å². The fraction of sp³-hybridized carbons (Fsp3) is 0.286. The van der Waals surface area contributed by atoms with Crippen LogP contribution in [-0.4, -0.2) is 9.97 Å². The molecule has 0 unspecified atom stereocenters. The second kappa shape index (κ2) is 7.04. The Hall–Kier alpha value is -1.14. The van der Waals surface area contributed by atoms with E-state index in [1.165, 1.54) is 30.0 Å². The fourth-order valence-electron chi connectivity index (χ4n) is 1.78. The number of thioether (sulfide) groups is 1. The quantitative estimate of drug-likeness (QED) is 0.652. The average Bonchev–Trinajstić information content (AvgIpc) is 2.35. The first-order chi connectivity index (χ1) is 9.56. The molecule has 1 aromatic heterocycles. The van der Waals surface area contributed by atoms with Gasteiger partial charge in [0, 0.05) is 22.0 Å². The molecule has 0 saturated carbocycles. The molecule has 0 radical (unpaired) electrons. The number of hydrogen-bond donors (Lipinski definition) is 1. The minimum Gasteiger partial charge on any atom is -0.301 e. The number of benzene rings is 1. The number of nitrogens with one attached hydrogen (secondary N) is 1. The molecule has 0 fully saturated rings. The number of aromatic nitrogens is 2. The standard InChI is InChI=1S/C14H14BrFN2OS/c1-2-3-12-7-13(19)18-14(17-12)20-8-9-4-10(15)6-11(16)5-9/h4-7H,2-3,8H2,1H3,(H,17,18,19). The monoisotopic (exact) mass is 356 g/mol. The Bertz CT molecular complexity index is 640. The predicted octanol–water partition coefficient (Wildman–Crippen LogP) is 3.92. The molecule has 0 aliphatic carbocycles. The number of halogens is 2. The first-order valence-corrected chi connectivity index (χ1v) is 8.02. The molecule has 0 aliphatic rings. The van der Waals surface area contributed by atoms with Crippen molar-refractivity contribution in [1.82, 2.24) is 9.97 Å². The van der Waals surface area contributed by atoms with Crippen LogP contribution < -0.4 is 5.56 Å². The third-order valence-corrected chi connectivity index (χ3v) is 3.98. The van der Waals surface area contributed by atoms with Crippen LogP contribution in [0.4, 0.5) is 4.39 Å². The van der Waals surface area contributed by atoms with Gasteiger partial charge in [-0.3, -0.25) is 4.79 Å². The van der Waals surface area contributed by atoms with Crippen molar-refractivity contribution >= 4 is 27.7 Å². The average molecular weight is 357 g/mol. The summed E-state index contributed by atoms with van der Waals surface area (Å²) in [5.74, 6) is 0.269. The summed E-state index contributed by atoms with van der Waals surface area (Å²) in [7, 11) is 0. The maximum Gasteiger partial charge on any atom is 0.251 e. The first-order valence-electron chi connectivity index (χ1n) is 6.25. The molecule has 20 heavy (non-hydrogen) atoms. The molecule has 0 aliphatic heterocycles. The molecule has 0 amide bonds. The van der Waals surface area contributed by atoms with Gasteiger partial charge in [0.25, 0.3) is 5.56 Å². The normalized spacial score (nSPS) is 10.8. The molecule has 2 aromatic rings. The minimum atomic E-state index is -0.281. The second-order valence-electron chi connectivity index (χ2n) is 4.36. The SMILES string of the molecule is CCCc1cc(=O)[nH]c(SCc2cc(F)cc(Br)c2)n1. The van der Waals surface area contributed by atoms with E-state index in [0.717, 1.165) is 24.1 Å². The number of hydrogen-bond acceptors (Lipinski definition) is 3. The van der Waals surface area contributed by atoms with Crippen molar-refractivity contribution in [2.24, 2.45) is 0 Å². The Morgan fingerprint density at radius 1 is 1.35 bits per heavy atom. The fourth-order valence-corrected chi connectivity index (χ4v) is 3.12. The largest absolute Gasteiger partial charge is 0.301 e. The van der Waals surface area contributed by atoms with Crippen molar-refractivity contribution in [2.45, 2.75) is 30.7 Å². The van der Waals surface area contributed by atoms with Gasteiger partial charge in [-0.15, -0.1) is 0 Å². The lowest BCUT2D eigenvalue weighted by atomic mass is 10.2. The molecule has 1 aromatic carbocycles. The lowest BCUT2D eigenvalue weighted by Gasteiger charge is -2.04. The van der Waals surface area contributed by atoms with Crippen molar-refractivity contribution < 1.29 is 4.39 Å². The molecule has 0 atom stereocenters. The van der Waals surface area contributed by atoms with Crippen molar-refractivity contribution in [3.05, 3.63) is 56.2 Å². The molecule has 0 spiro atoms. The van der Waals surface area contributed by atoms with E-state index in [1.807, 2.05) is 13.0 Å². The predicted molar refractivity (Wildman–Crippen MR) is 82.5 cm³/mol. The summed E-state index contributed by atoms with van der Waals surface area (Å²) >= 11 is 4.65. The zero-order valence-electron chi connectivity index (χ0n) is 11.0. The van der Waals surface area contributed by atoms with Crippen LogP contribution >= 0.6 is 27.7 Å². The van der Waals surface area contributed by atoms with Gasteiger partial charge in [0.15, 0.2) is 5.16 Å². The van der Waals surface area contributed by atoms with Crippen LogP contribution in [0.25, 0.3) is 0 Å². The van der Waals surface area contributed by atoms with Crippen LogP contribution in [0.3, 0.4) is 0 Å². The highest BCUT2D eigenvalue weighted by Gasteiger charge is 2.04. The van der Waals surface area contributed by atoms with E-state index in [0.29, 0.717) is 15.4 Å². The van der Waals surface area contributed by atoms with E-state index in [2.05, 4.69) is 25.9 Å². The Morgan fingerprint density at radius 3 is 2.85 bits per heavy atom. The van der Waals surface area contributed by atoms with E-state index >= 15 is 0 Å². The molecule has 2 rings (SSSR count). The van der Waals surface area contributed by atoms with E-state index in [4.69, 9.17) is 0 Å². The van der Waals surface area contributed by atoms with Crippen LogP contribution in [0, 0.1) is 5.82 Å². The van der Waals surface area contributed by atoms with Crippen LogP contribution in [-0.2, 0) is 12.2 Å². The van der Waals surface area contributed by atoms with Gasteiger partial charge >= 0.3 is 0 Å². The zero-order chi connectivity index (χ0) is 14.5.